The molecule has 1 aromatic heterocycles. The zero-order valence-electron chi connectivity index (χ0n) is 9.78. The largest absolute Gasteiger partial charge is 0.384 e. The molecule has 0 amide bonds. The Morgan fingerprint density at radius 3 is 2.50 bits per heavy atom. The number of nitrogens with one attached hydrogen (secondary N) is 1. The summed E-state index contributed by atoms with van der Waals surface area (Å²) >= 11 is 0. The molecule has 0 unspecified atom stereocenters. The molecule has 0 atom stereocenters. The van der Waals surface area contributed by atoms with Crippen molar-refractivity contribution in [1.29, 1.82) is 0 Å². The molecule has 1 aromatic rings. The SMILES string of the molecule is NCC1(CNc2ccncc2)CCCCC1. The molecule has 3 nitrogen and oxygen atoms in total. The lowest BCUT2D eigenvalue weighted by Crippen LogP contribution is -2.39. The maximum atomic E-state index is 5.95. The molecule has 2 rings (SSSR count). The molecule has 1 aliphatic rings. The maximum Gasteiger partial charge on any atom is 0.0371 e. The van der Waals surface area contributed by atoms with Crippen molar-refractivity contribution in [3.8, 4) is 0 Å². The van der Waals surface area contributed by atoms with E-state index in [4.69, 9.17) is 5.73 Å². The zero-order valence-corrected chi connectivity index (χ0v) is 9.78. The van der Waals surface area contributed by atoms with Gasteiger partial charge in [-0.05, 0) is 36.9 Å². The summed E-state index contributed by atoms with van der Waals surface area (Å²) in [6, 6.07) is 4.01. The fourth-order valence-electron chi connectivity index (χ4n) is 2.51. The summed E-state index contributed by atoms with van der Waals surface area (Å²) in [6.07, 6.45) is 10.2. The van der Waals surface area contributed by atoms with E-state index in [1.54, 1.807) is 0 Å². The van der Waals surface area contributed by atoms with Gasteiger partial charge in [0.25, 0.3) is 0 Å². The Morgan fingerprint density at radius 2 is 1.88 bits per heavy atom. The van der Waals surface area contributed by atoms with Crippen LogP contribution in [0, 0.1) is 5.41 Å². The Morgan fingerprint density at radius 1 is 1.19 bits per heavy atom. The molecular weight excluding hydrogens is 198 g/mol. The average Bonchev–Trinajstić information content (AvgIpc) is 2.39. The summed E-state index contributed by atoms with van der Waals surface area (Å²) < 4.78 is 0. The number of pyridine rings is 1. The number of hydrogen-bond acceptors (Lipinski definition) is 3. The minimum atomic E-state index is 0.321. The van der Waals surface area contributed by atoms with Gasteiger partial charge in [-0.3, -0.25) is 4.98 Å². The quantitative estimate of drug-likeness (QED) is 0.817. The van der Waals surface area contributed by atoms with Crippen LogP contribution in [0.15, 0.2) is 24.5 Å². The molecule has 3 N–H and O–H groups in total. The predicted molar refractivity (Wildman–Crippen MR) is 67.3 cm³/mol. The van der Waals surface area contributed by atoms with Gasteiger partial charge in [-0.2, -0.15) is 0 Å². The van der Waals surface area contributed by atoms with Crippen molar-refractivity contribution in [2.45, 2.75) is 32.1 Å². The topological polar surface area (TPSA) is 50.9 Å². The Labute approximate surface area is 97.5 Å². The fourth-order valence-corrected chi connectivity index (χ4v) is 2.51. The lowest BCUT2D eigenvalue weighted by Gasteiger charge is -2.36. The second-order valence-electron chi connectivity index (χ2n) is 4.85. The van der Waals surface area contributed by atoms with E-state index in [1.807, 2.05) is 24.5 Å². The summed E-state index contributed by atoms with van der Waals surface area (Å²) in [5.74, 6) is 0. The van der Waals surface area contributed by atoms with Crippen molar-refractivity contribution >= 4 is 5.69 Å². The van der Waals surface area contributed by atoms with E-state index < -0.39 is 0 Å². The predicted octanol–water partition coefficient (Wildman–Crippen LogP) is 2.40. The van der Waals surface area contributed by atoms with Crippen LogP contribution in [0.1, 0.15) is 32.1 Å². The van der Waals surface area contributed by atoms with Crippen LogP contribution in [-0.4, -0.2) is 18.1 Å². The van der Waals surface area contributed by atoms with Gasteiger partial charge in [0, 0.05) is 24.6 Å². The molecule has 3 heteroatoms. The highest BCUT2D eigenvalue weighted by Crippen LogP contribution is 2.35. The smallest absolute Gasteiger partial charge is 0.0371 e. The molecular formula is C13H21N3. The van der Waals surface area contributed by atoms with E-state index >= 15 is 0 Å². The van der Waals surface area contributed by atoms with Crippen molar-refractivity contribution in [3.05, 3.63) is 24.5 Å². The van der Waals surface area contributed by atoms with Crippen molar-refractivity contribution in [2.75, 3.05) is 18.4 Å². The Balaban J connectivity index is 1.92. The van der Waals surface area contributed by atoms with Crippen LogP contribution in [0.4, 0.5) is 5.69 Å². The number of hydrogen-bond donors (Lipinski definition) is 2. The third-order valence-corrected chi connectivity index (χ3v) is 3.70. The molecule has 0 aromatic carbocycles. The first-order valence-corrected chi connectivity index (χ1v) is 6.19. The summed E-state index contributed by atoms with van der Waals surface area (Å²) in [7, 11) is 0. The van der Waals surface area contributed by atoms with Crippen molar-refractivity contribution in [2.24, 2.45) is 11.1 Å². The van der Waals surface area contributed by atoms with Gasteiger partial charge < -0.3 is 11.1 Å². The third-order valence-electron chi connectivity index (χ3n) is 3.70. The summed E-state index contributed by atoms with van der Waals surface area (Å²) in [6.45, 7) is 1.79. The Hall–Kier alpha value is -1.09. The molecule has 1 aliphatic carbocycles. The lowest BCUT2D eigenvalue weighted by atomic mass is 9.74. The monoisotopic (exact) mass is 219 g/mol. The van der Waals surface area contributed by atoms with Gasteiger partial charge in [0.1, 0.15) is 0 Å². The van der Waals surface area contributed by atoms with E-state index in [9.17, 15) is 0 Å². The standard InChI is InChI=1S/C13H21N3/c14-10-13(6-2-1-3-7-13)11-16-12-4-8-15-9-5-12/h4-5,8-9H,1-3,6-7,10-11,14H2,(H,15,16). The van der Waals surface area contributed by atoms with Gasteiger partial charge in [0.05, 0.1) is 0 Å². The summed E-state index contributed by atoms with van der Waals surface area (Å²) in [5.41, 5.74) is 7.42. The first kappa shape index (κ1) is 11.4. The van der Waals surface area contributed by atoms with Gasteiger partial charge in [0.2, 0.25) is 0 Å². The van der Waals surface area contributed by atoms with E-state index in [1.165, 1.54) is 32.1 Å². The van der Waals surface area contributed by atoms with Crippen molar-refractivity contribution in [3.63, 3.8) is 0 Å². The molecule has 0 radical (unpaired) electrons. The molecule has 1 saturated carbocycles. The van der Waals surface area contributed by atoms with Crippen molar-refractivity contribution in [1.82, 2.24) is 4.98 Å². The average molecular weight is 219 g/mol. The van der Waals surface area contributed by atoms with Crippen LogP contribution in [0.2, 0.25) is 0 Å². The second-order valence-corrected chi connectivity index (χ2v) is 4.85. The molecule has 0 aliphatic heterocycles. The molecule has 0 saturated heterocycles. The van der Waals surface area contributed by atoms with Gasteiger partial charge >= 0.3 is 0 Å². The van der Waals surface area contributed by atoms with E-state index in [0.717, 1.165) is 18.8 Å². The first-order valence-electron chi connectivity index (χ1n) is 6.19. The minimum absolute atomic E-state index is 0.321. The van der Waals surface area contributed by atoms with Crippen LogP contribution in [-0.2, 0) is 0 Å². The molecule has 16 heavy (non-hydrogen) atoms. The zero-order chi connectivity index (χ0) is 11.3. The van der Waals surface area contributed by atoms with Crippen molar-refractivity contribution < 1.29 is 0 Å². The molecule has 88 valence electrons. The van der Waals surface area contributed by atoms with Gasteiger partial charge in [-0.25, -0.2) is 0 Å². The van der Waals surface area contributed by atoms with E-state index in [-0.39, 0.29) is 0 Å². The number of nitrogens with zero attached hydrogens (tertiary/aromatic N) is 1. The highest BCUT2D eigenvalue weighted by Gasteiger charge is 2.30. The number of nitrogens with two attached hydrogens (primary N) is 1. The Kier molecular flexibility index (Phi) is 3.78. The van der Waals surface area contributed by atoms with E-state index in [0.29, 0.717) is 5.41 Å². The molecule has 0 bridgehead atoms. The lowest BCUT2D eigenvalue weighted by molar-refractivity contribution is 0.215. The van der Waals surface area contributed by atoms with Crippen LogP contribution in [0.5, 0.6) is 0 Å². The highest BCUT2D eigenvalue weighted by atomic mass is 14.9. The number of rotatable bonds is 4. The summed E-state index contributed by atoms with van der Waals surface area (Å²) in [5, 5.41) is 3.49. The molecule has 1 fully saturated rings. The third kappa shape index (κ3) is 2.73. The first-order chi connectivity index (χ1) is 7.85. The second kappa shape index (κ2) is 5.30. The van der Waals surface area contributed by atoms with Gasteiger partial charge in [0.15, 0.2) is 0 Å². The van der Waals surface area contributed by atoms with Crippen LogP contribution >= 0.6 is 0 Å². The summed E-state index contributed by atoms with van der Waals surface area (Å²) in [4.78, 5) is 4.01. The molecule has 0 spiro atoms. The van der Waals surface area contributed by atoms with Crippen LogP contribution in [0.25, 0.3) is 0 Å². The number of anilines is 1. The van der Waals surface area contributed by atoms with E-state index in [2.05, 4.69) is 10.3 Å². The fraction of sp³-hybridized carbons (Fsp3) is 0.615. The molecule has 1 heterocycles. The van der Waals surface area contributed by atoms with Gasteiger partial charge in [-0.1, -0.05) is 19.3 Å². The Bertz CT molecular complexity index is 304. The van der Waals surface area contributed by atoms with Gasteiger partial charge in [-0.15, -0.1) is 0 Å². The normalized spacial score (nSPS) is 19.3. The number of aromatic nitrogens is 1. The minimum Gasteiger partial charge on any atom is -0.384 e. The highest BCUT2D eigenvalue weighted by molar-refractivity contribution is 5.40. The maximum absolute atomic E-state index is 5.95. The van der Waals surface area contributed by atoms with Crippen LogP contribution in [0.3, 0.4) is 0 Å². The van der Waals surface area contributed by atoms with Crippen LogP contribution < -0.4 is 11.1 Å².